The second-order valence-electron chi connectivity index (χ2n) is 2.67. The van der Waals surface area contributed by atoms with Gasteiger partial charge in [-0.3, -0.25) is 0 Å². The Morgan fingerprint density at radius 3 is 2.93 bits per heavy atom. The molecule has 2 aromatic rings. The summed E-state index contributed by atoms with van der Waals surface area (Å²) >= 11 is 1.38. The first-order valence-corrected chi connectivity index (χ1v) is 4.92. The van der Waals surface area contributed by atoms with Crippen LogP contribution in [0.2, 0.25) is 0 Å². The van der Waals surface area contributed by atoms with Gasteiger partial charge in [0.25, 0.3) is 0 Å². The van der Waals surface area contributed by atoms with Gasteiger partial charge in [-0.15, -0.1) is 11.3 Å². The maximum atomic E-state index is 10.5. The van der Waals surface area contributed by atoms with Crippen LogP contribution in [0.25, 0.3) is 11.6 Å². The van der Waals surface area contributed by atoms with Crippen LogP contribution in [0.3, 0.4) is 0 Å². The summed E-state index contributed by atoms with van der Waals surface area (Å²) in [4.78, 5) is 18.4. The zero-order chi connectivity index (χ0) is 10.8. The van der Waals surface area contributed by atoms with Crippen LogP contribution >= 0.6 is 11.3 Å². The minimum absolute atomic E-state index is 0.132. The predicted molar refractivity (Wildman–Crippen MR) is 52.5 cm³/mol. The summed E-state index contributed by atoms with van der Waals surface area (Å²) in [7, 11) is 0. The molecular formula is C8H7N3O3S. The lowest BCUT2D eigenvalue weighted by Crippen LogP contribution is -1.96. The molecule has 0 aliphatic carbocycles. The number of hydrogen-bond donors (Lipinski definition) is 2. The first kappa shape index (κ1) is 9.81. The van der Waals surface area contributed by atoms with E-state index in [9.17, 15) is 4.79 Å². The Bertz CT molecular complexity index is 491. The molecule has 2 heterocycles. The summed E-state index contributed by atoms with van der Waals surface area (Å²) in [6, 6.07) is 0. The molecule has 0 radical (unpaired) electrons. The highest BCUT2D eigenvalue weighted by Gasteiger charge is 2.13. The van der Waals surface area contributed by atoms with E-state index in [1.807, 2.05) is 0 Å². The Kier molecular flexibility index (Phi) is 2.48. The summed E-state index contributed by atoms with van der Waals surface area (Å²) in [6.45, 7) is 0.344. The fourth-order valence-electron chi connectivity index (χ4n) is 0.992. The highest BCUT2D eigenvalue weighted by Crippen LogP contribution is 2.20. The molecule has 2 aromatic heterocycles. The van der Waals surface area contributed by atoms with Gasteiger partial charge in [-0.1, -0.05) is 0 Å². The van der Waals surface area contributed by atoms with E-state index in [1.165, 1.54) is 11.3 Å². The first-order valence-electron chi connectivity index (χ1n) is 4.04. The van der Waals surface area contributed by atoms with Crippen LogP contribution in [-0.2, 0) is 6.54 Å². The van der Waals surface area contributed by atoms with Crippen LogP contribution in [0.5, 0.6) is 0 Å². The lowest BCUT2D eigenvalue weighted by Gasteiger charge is -1.85. The van der Waals surface area contributed by atoms with Crippen LogP contribution < -0.4 is 5.73 Å². The number of carboxylic acids is 1. The van der Waals surface area contributed by atoms with Crippen molar-refractivity contribution < 1.29 is 14.3 Å². The van der Waals surface area contributed by atoms with Crippen molar-refractivity contribution in [2.75, 3.05) is 0 Å². The molecule has 6 nitrogen and oxygen atoms in total. The molecule has 0 spiro atoms. The largest absolute Gasteiger partial charge is 0.476 e. The zero-order valence-corrected chi connectivity index (χ0v) is 8.32. The fraction of sp³-hybridized carbons (Fsp3) is 0.125. The van der Waals surface area contributed by atoms with E-state index in [0.717, 1.165) is 11.3 Å². The van der Waals surface area contributed by atoms with Gasteiger partial charge in [0.15, 0.2) is 5.69 Å². The van der Waals surface area contributed by atoms with E-state index in [0.29, 0.717) is 12.2 Å². The molecule has 0 unspecified atom stereocenters. The molecule has 0 bridgehead atoms. The van der Waals surface area contributed by atoms with Crippen molar-refractivity contribution in [1.29, 1.82) is 0 Å². The van der Waals surface area contributed by atoms with E-state index in [1.54, 1.807) is 5.38 Å². The van der Waals surface area contributed by atoms with Gasteiger partial charge in [-0.2, -0.15) is 0 Å². The molecule has 0 saturated heterocycles. The van der Waals surface area contributed by atoms with Crippen LogP contribution in [0.15, 0.2) is 16.1 Å². The smallest absolute Gasteiger partial charge is 0.357 e. The Morgan fingerprint density at radius 2 is 2.40 bits per heavy atom. The molecule has 0 fully saturated rings. The molecule has 15 heavy (non-hydrogen) atoms. The van der Waals surface area contributed by atoms with E-state index in [2.05, 4.69) is 9.97 Å². The third kappa shape index (κ3) is 1.88. The Hall–Kier alpha value is -1.73. The van der Waals surface area contributed by atoms with Crippen LogP contribution in [0.1, 0.15) is 15.5 Å². The van der Waals surface area contributed by atoms with E-state index >= 15 is 0 Å². The number of nitrogens with zero attached hydrogens (tertiary/aromatic N) is 2. The van der Waals surface area contributed by atoms with Gasteiger partial charge in [-0.25, -0.2) is 14.8 Å². The number of hydrogen-bond acceptors (Lipinski definition) is 6. The van der Waals surface area contributed by atoms with E-state index in [4.69, 9.17) is 15.3 Å². The summed E-state index contributed by atoms with van der Waals surface area (Å²) in [6.07, 6.45) is 1.08. The molecule has 0 aliphatic rings. The maximum Gasteiger partial charge on any atom is 0.357 e. The lowest BCUT2D eigenvalue weighted by molar-refractivity contribution is 0.0690. The minimum atomic E-state index is -1.13. The quantitative estimate of drug-likeness (QED) is 0.806. The number of thiazole rings is 1. The molecule has 0 atom stereocenters. The SMILES string of the molecule is NCc1nc(-c2nc(C(=O)O)co2)cs1. The monoisotopic (exact) mass is 225 g/mol. The number of oxazole rings is 1. The van der Waals surface area contributed by atoms with Gasteiger partial charge in [0, 0.05) is 11.9 Å². The van der Waals surface area contributed by atoms with Crippen LogP contribution in [-0.4, -0.2) is 21.0 Å². The number of carboxylic acid groups (broad SMARTS) is 1. The Balaban J connectivity index is 2.32. The van der Waals surface area contributed by atoms with Gasteiger partial charge < -0.3 is 15.3 Å². The minimum Gasteiger partial charge on any atom is -0.476 e. The summed E-state index contributed by atoms with van der Waals surface area (Å²) in [5, 5.41) is 11.1. The number of carbonyl (C=O) groups is 1. The average molecular weight is 225 g/mol. The Labute approximate surface area is 88.4 Å². The molecular weight excluding hydrogens is 218 g/mol. The van der Waals surface area contributed by atoms with Crippen molar-refractivity contribution in [2.45, 2.75) is 6.54 Å². The Morgan fingerprint density at radius 1 is 1.60 bits per heavy atom. The predicted octanol–water partition coefficient (Wildman–Crippen LogP) is 0.955. The van der Waals surface area contributed by atoms with Crippen molar-refractivity contribution in [1.82, 2.24) is 9.97 Å². The molecule has 0 aromatic carbocycles. The van der Waals surface area contributed by atoms with Crippen molar-refractivity contribution in [3.8, 4) is 11.6 Å². The van der Waals surface area contributed by atoms with Crippen molar-refractivity contribution in [3.05, 3.63) is 22.3 Å². The molecule has 0 amide bonds. The normalized spacial score (nSPS) is 10.5. The molecule has 2 rings (SSSR count). The molecule has 0 aliphatic heterocycles. The maximum absolute atomic E-state index is 10.5. The van der Waals surface area contributed by atoms with Crippen molar-refractivity contribution >= 4 is 17.3 Å². The number of rotatable bonds is 3. The molecule has 78 valence electrons. The first-order chi connectivity index (χ1) is 7.20. The summed E-state index contributed by atoms with van der Waals surface area (Å²) < 4.78 is 4.98. The summed E-state index contributed by atoms with van der Waals surface area (Å²) in [5.41, 5.74) is 5.77. The third-order valence-electron chi connectivity index (χ3n) is 1.67. The van der Waals surface area contributed by atoms with Crippen molar-refractivity contribution in [2.24, 2.45) is 5.73 Å². The van der Waals surface area contributed by atoms with Gasteiger partial charge >= 0.3 is 5.97 Å². The standard InChI is InChI=1S/C8H7N3O3S/c9-1-6-10-5(3-15-6)7-11-4(2-14-7)8(12)13/h2-3H,1,9H2,(H,12,13). The topological polar surface area (TPSA) is 102 Å². The van der Waals surface area contributed by atoms with Gasteiger partial charge in [0.1, 0.15) is 17.0 Å². The van der Waals surface area contributed by atoms with Gasteiger partial charge in [0.2, 0.25) is 5.89 Å². The molecule has 0 saturated carbocycles. The lowest BCUT2D eigenvalue weighted by atomic mass is 10.5. The average Bonchev–Trinajstić information content (AvgIpc) is 2.86. The van der Waals surface area contributed by atoms with Crippen molar-refractivity contribution in [3.63, 3.8) is 0 Å². The number of aromatic nitrogens is 2. The zero-order valence-electron chi connectivity index (χ0n) is 7.51. The fourth-order valence-corrected chi connectivity index (χ4v) is 1.64. The van der Waals surface area contributed by atoms with E-state index in [-0.39, 0.29) is 11.6 Å². The van der Waals surface area contributed by atoms with Crippen LogP contribution in [0.4, 0.5) is 0 Å². The third-order valence-corrected chi connectivity index (χ3v) is 2.54. The van der Waals surface area contributed by atoms with Gasteiger partial charge in [-0.05, 0) is 0 Å². The highest BCUT2D eigenvalue weighted by molar-refractivity contribution is 7.09. The molecule has 7 heteroatoms. The summed E-state index contributed by atoms with van der Waals surface area (Å²) in [5.74, 6) is -0.928. The molecule has 3 N–H and O–H groups in total. The second-order valence-corrected chi connectivity index (χ2v) is 3.62. The van der Waals surface area contributed by atoms with Gasteiger partial charge in [0.05, 0.1) is 0 Å². The number of nitrogens with two attached hydrogens (primary N) is 1. The van der Waals surface area contributed by atoms with E-state index < -0.39 is 5.97 Å². The highest BCUT2D eigenvalue weighted by atomic mass is 32.1. The number of aromatic carboxylic acids is 1. The second kappa shape index (κ2) is 3.79. The van der Waals surface area contributed by atoms with Crippen LogP contribution in [0, 0.1) is 0 Å².